The van der Waals surface area contributed by atoms with Gasteiger partial charge in [0.1, 0.15) is 0 Å². The van der Waals surface area contributed by atoms with E-state index in [4.69, 9.17) is 5.73 Å². The fourth-order valence-corrected chi connectivity index (χ4v) is 1.54. The van der Waals surface area contributed by atoms with Gasteiger partial charge < -0.3 is 5.73 Å². The van der Waals surface area contributed by atoms with Crippen LogP contribution in [0.25, 0.3) is 5.69 Å². The van der Waals surface area contributed by atoms with E-state index in [1.54, 1.807) is 0 Å². The Kier molecular flexibility index (Phi) is 2.78. The van der Waals surface area contributed by atoms with Crippen LogP contribution in [-0.4, -0.2) is 21.5 Å². The molecule has 0 unspecified atom stereocenters. The number of aromatic nitrogens is 3. The predicted octanol–water partition coefficient (Wildman–Crippen LogP) is 1.08. The molecule has 2 aromatic rings. The second kappa shape index (κ2) is 4.23. The third-order valence-electron chi connectivity index (χ3n) is 2.37. The van der Waals surface area contributed by atoms with Crippen molar-refractivity contribution in [2.45, 2.75) is 13.3 Å². The van der Waals surface area contributed by atoms with Gasteiger partial charge in [-0.1, -0.05) is 23.4 Å². The number of rotatable bonds is 3. The van der Waals surface area contributed by atoms with Gasteiger partial charge >= 0.3 is 0 Å². The van der Waals surface area contributed by atoms with Crippen molar-refractivity contribution in [2.24, 2.45) is 5.73 Å². The maximum atomic E-state index is 5.50. The highest BCUT2D eigenvalue weighted by Gasteiger charge is 2.08. The molecule has 0 aliphatic carbocycles. The third kappa shape index (κ3) is 1.89. The lowest BCUT2D eigenvalue weighted by Crippen LogP contribution is -2.05. The number of para-hydroxylation sites is 1. The van der Waals surface area contributed by atoms with Crippen LogP contribution >= 0.6 is 0 Å². The molecule has 0 fully saturated rings. The van der Waals surface area contributed by atoms with E-state index in [-0.39, 0.29) is 0 Å². The van der Waals surface area contributed by atoms with Gasteiger partial charge in [0.15, 0.2) is 0 Å². The fraction of sp³-hybridized carbons (Fsp3) is 0.273. The summed E-state index contributed by atoms with van der Waals surface area (Å²) in [6.07, 6.45) is 0.776. The summed E-state index contributed by atoms with van der Waals surface area (Å²) in [5.74, 6) is 0. The van der Waals surface area contributed by atoms with E-state index in [1.165, 1.54) is 0 Å². The average molecular weight is 202 g/mol. The van der Waals surface area contributed by atoms with Crippen LogP contribution in [0.15, 0.2) is 30.3 Å². The highest BCUT2D eigenvalue weighted by molar-refractivity contribution is 5.32. The zero-order chi connectivity index (χ0) is 10.7. The van der Waals surface area contributed by atoms with Crippen LogP contribution in [-0.2, 0) is 6.42 Å². The molecular weight excluding hydrogens is 188 g/mol. The van der Waals surface area contributed by atoms with E-state index in [0.29, 0.717) is 6.54 Å². The van der Waals surface area contributed by atoms with Gasteiger partial charge in [-0.2, -0.15) is 0 Å². The summed E-state index contributed by atoms with van der Waals surface area (Å²) in [6, 6.07) is 9.97. The van der Waals surface area contributed by atoms with Crippen LogP contribution in [0.1, 0.15) is 11.4 Å². The lowest BCUT2D eigenvalue weighted by atomic mass is 10.2. The molecule has 78 valence electrons. The van der Waals surface area contributed by atoms with E-state index >= 15 is 0 Å². The van der Waals surface area contributed by atoms with E-state index in [9.17, 15) is 0 Å². The molecule has 0 bridgehead atoms. The molecule has 0 saturated carbocycles. The Bertz CT molecular complexity index is 433. The summed E-state index contributed by atoms with van der Waals surface area (Å²) in [5.41, 5.74) is 8.57. The minimum absolute atomic E-state index is 0.605. The second-order valence-electron chi connectivity index (χ2n) is 3.41. The van der Waals surface area contributed by atoms with Gasteiger partial charge in [-0.25, -0.2) is 4.68 Å². The Morgan fingerprint density at radius 3 is 2.67 bits per heavy atom. The number of benzene rings is 1. The van der Waals surface area contributed by atoms with E-state index in [0.717, 1.165) is 23.5 Å². The molecule has 1 aromatic carbocycles. The SMILES string of the molecule is Cc1c(CCN)nnn1-c1ccccc1. The summed E-state index contributed by atoms with van der Waals surface area (Å²) in [5, 5.41) is 8.23. The molecule has 0 saturated heterocycles. The Labute approximate surface area is 88.7 Å². The first kappa shape index (κ1) is 9.86. The summed E-state index contributed by atoms with van der Waals surface area (Å²) in [4.78, 5) is 0. The number of nitrogens with two attached hydrogens (primary N) is 1. The largest absolute Gasteiger partial charge is 0.330 e. The van der Waals surface area contributed by atoms with E-state index in [2.05, 4.69) is 10.3 Å². The van der Waals surface area contributed by atoms with E-state index in [1.807, 2.05) is 41.9 Å². The monoisotopic (exact) mass is 202 g/mol. The lowest BCUT2D eigenvalue weighted by molar-refractivity contribution is 0.782. The molecule has 15 heavy (non-hydrogen) atoms. The second-order valence-corrected chi connectivity index (χ2v) is 3.41. The van der Waals surface area contributed by atoms with Gasteiger partial charge in [0.25, 0.3) is 0 Å². The first-order chi connectivity index (χ1) is 7.33. The molecule has 0 aliphatic heterocycles. The predicted molar refractivity (Wildman–Crippen MR) is 58.9 cm³/mol. The highest BCUT2D eigenvalue weighted by atomic mass is 15.4. The highest BCUT2D eigenvalue weighted by Crippen LogP contribution is 2.11. The quantitative estimate of drug-likeness (QED) is 0.810. The molecule has 4 nitrogen and oxygen atoms in total. The third-order valence-corrected chi connectivity index (χ3v) is 2.37. The molecule has 1 aromatic heterocycles. The molecule has 2 rings (SSSR count). The van der Waals surface area contributed by atoms with Crippen molar-refractivity contribution < 1.29 is 0 Å². The van der Waals surface area contributed by atoms with Crippen molar-refractivity contribution >= 4 is 0 Å². The van der Waals surface area contributed by atoms with Crippen LogP contribution in [0.3, 0.4) is 0 Å². The summed E-state index contributed by atoms with van der Waals surface area (Å²) in [7, 11) is 0. The first-order valence-electron chi connectivity index (χ1n) is 4.99. The standard InChI is InChI=1S/C11H14N4/c1-9-11(7-8-12)13-14-15(9)10-5-3-2-4-6-10/h2-6H,7-8,12H2,1H3. The zero-order valence-electron chi connectivity index (χ0n) is 8.72. The Balaban J connectivity index is 2.38. The molecule has 1 heterocycles. The number of nitrogens with zero attached hydrogens (tertiary/aromatic N) is 3. The topological polar surface area (TPSA) is 56.7 Å². The molecule has 4 heteroatoms. The minimum Gasteiger partial charge on any atom is -0.330 e. The number of hydrogen-bond donors (Lipinski definition) is 1. The maximum absolute atomic E-state index is 5.50. The van der Waals surface area contributed by atoms with Gasteiger partial charge in [-0.15, -0.1) is 5.10 Å². The smallest absolute Gasteiger partial charge is 0.0873 e. The van der Waals surface area contributed by atoms with E-state index < -0.39 is 0 Å². The Morgan fingerprint density at radius 2 is 2.00 bits per heavy atom. The summed E-state index contributed by atoms with van der Waals surface area (Å²) in [6.45, 7) is 2.62. The molecule has 0 radical (unpaired) electrons. The van der Waals surface area contributed by atoms with Crippen molar-refractivity contribution in [3.8, 4) is 5.69 Å². The Morgan fingerprint density at radius 1 is 1.27 bits per heavy atom. The zero-order valence-corrected chi connectivity index (χ0v) is 8.72. The maximum Gasteiger partial charge on any atom is 0.0873 e. The number of hydrogen-bond acceptors (Lipinski definition) is 3. The molecule has 0 amide bonds. The molecule has 2 N–H and O–H groups in total. The summed E-state index contributed by atoms with van der Waals surface area (Å²) >= 11 is 0. The van der Waals surface area contributed by atoms with Gasteiger partial charge in [0.2, 0.25) is 0 Å². The van der Waals surface area contributed by atoms with Crippen LogP contribution in [0.5, 0.6) is 0 Å². The molecule has 0 atom stereocenters. The van der Waals surface area contributed by atoms with Crippen molar-refractivity contribution in [2.75, 3.05) is 6.54 Å². The minimum atomic E-state index is 0.605. The fourth-order valence-electron chi connectivity index (χ4n) is 1.54. The van der Waals surface area contributed by atoms with Gasteiger partial charge in [0.05, 0.1) is 17.1 Å². The average Bonchev–Trinajstić information content (AvgIpc) is 2.63. The molecular formula is C11H14N4. The molecule has 0 aliphatic rings. The van der Waals surface area contributed by atoms with Crippen LogP contribution in [0.2, 0.25) is 0 Å². The van der Waals surface area contributed by atoms with Crippen molar-refractivity contribution in [1.29, 1.82) is 0 Å². The van der Waals surface area contributed by atoms with Gasteiger partial charge in [0, 0.05) is 6.42 Å². The normalized spacial score (nSPS) is 10.5. The van der Waals surface area contributed by atoms with Crippen molar-refractivity contribution in [1.82, 2.24) is 15.0 Å². The summed E-state index contributed by atoms with van der Waals surface area (Å²) < 4.78 is 1.84. The van der Waals surface area contributed by atoms with Crippen LogP contribution in [0.4, 0.5) is 0 Å². The van der Waals surface area contributed by atoms with Crippen LogP contribution < -0.4 is 5.73 Å². The van der Waals surface area contributed by atoms with Gasteiger partial charge in [-0.05, 0) is 25.6 Å². The molecule has 0 spiro atoms. The first-order valence-corrected chi connectivity index (χ1v) is 4.99. The van der Waals surface area contributed by atoms with Crippen molar-refractivity contribution in [3.63, 3.8) is 0 Å². The van der Waals surface area contributed by atoms with Crippen molar-refractivity contribution in [3.05, 3.63) is 41.7 Å². The van der Waals surface area contributed by atoms with Crippen LogP contribution in [0, 0.1) is 6.92 Å². The van der Waals surface area contributed by atoms with Gasteiger partial charge in [-0.3, -0.25) is 0 Å². The Hall–Kier alpha value is -1.68. The lowest BCUT2D eigenvalue weighted by Gasteiger charge is -2.02.